The van der Waals surface area contributed by atoms with Gasteiger partial charge >= 0.3 is 0 Å². The summed E-state index contributed by atoms with van der Waals surface area (Å²) >= 11 is 7.85. The number of halogens is 3. The third-order valence-electron chi connectivity index (χ3n) is 1.79. The van der Waals surface area contributed by atoms with Crippen LogP contribution in [0.2, 0.25) is 5.02 Å². The third kappa shape index (κ3) is 3.83. The molecule has 0 spiro atoms. The lowest BCUT2D eigenvalue weighted by molar-refractivity contribution is 0.577. The molecule has 1 aromatic rings. The first-order valence-corrected chi connectivity index (χ1v) is 7.87. The van der Waals surface area contributed by atoms with Gasteiger partial charge in [0.15, 0.2) is 0 Å². The Labute approximate surface area is 113 Å². The van der Waals surface area contributed by atoms with E-state index < -0.39 is 15.8 Å². The van der Waals surface area contributed by atoms with Crippen LogP contribution in [-0.2, 0) is 10.0 Å². The van der Waals surface area contributed by atoms with Gasteiger partial charge in [0.1, 0.15) is 10.7 Å². The molecule has 1 rings (SSSR count). The number of nitrogens with one attached hydrogen (secondary N) is 1. The average Bonchev–Trinajstić information content (AvgIpc) is 2.22. The van der Waals surface area contributed by atoms with Gasteiger partial charge in [0, 0.05) is 11.0 Å². The lowest BCUT2D eigenvalue weighted by Gasteiger charge is -2.07. The van der Waals surface area contributed by atoms with Crippen LogP contribution in [0.4, 0.5) is 4.39 Å². The fourth-order valence-electron chi connectivity index (χ4n) is 1.03. The summed E-state index contributed by atoms with van der Waals surface area (Å²) in [5.74, 6) is -0.626. The predicted molar refractivity (Wildman–Crippen MR) is 70.1 cm³/mol. The van der Waals surface area contributed by atoms with Crippen LogP contribution >= 0.6 is 34.2 Å². The first-order chi connectivity index (χ1) is 7.47. The van der Waals surface area contributed by atoms with Gasteiger partial charge in [-0.3, -0.25) is 0 Å². The minimum absolute atomic E-state index is 0.0170. The molecule has 0 radical (unpaired) electrons. The summed E-state index contributed by atoms with van der Waals surface area (Å²) in [5, 5.41) is 0.0170. The minimum atomic E-state index is -3.71. The molecule has 0 bridgehead atoms. The molecule has 0 aliphatic rings. The van der Waals surface area contributed by atoms with Gasteiger partial charge in [0.25, 0.3) is 0 Å². The standard InChI is InChI=1S/C9H10ClFINO2S/c10-8-3-2-7(11)6-9(8)16(14,15)13-5-1-4-12/h2-3,6,13H,1,4-5H2. The Morgan fingerprint density at radius 3 is 2.75 bits per heavy atom. The molecule has 0 heterocycles. The molecule has 0 unspecified atom stereocenters. The minimum Gasteiger partial charge on any atom is -0.211 e. The van der Waals surface area contributed by atoms with Gasteiger partial charge in [-0.05, 0) is 24.6 Å². The normalized spacial score (nSPS) is 11.7. The molecule has 0 aliphatic heterocycles. The van der Waals surface area contributed by atoms with Gasteiger partial charge in [-0.25, -0.2) is 17.5 Å². The van der Waals surface area contributed by atoms with Crippen LogP contribution < -0.4 is 4.72 Å². The van der Waals surface area contributed by atoms with Gasteiger partial charge in [-0.1, -0.05) is 34.2 Å². The van der Waals surface area contributed by atoms with Gasteiger partial charge in [-0.2, -0.15) is 0 Å². The number of hydrogen-bond donors (Lipinski definition) is 1. The highest BCUT2D eigenvalue weighted by atomic mass is 127. The fraction of sp³-hybridized carbons (Fsp3) is 0.333. The van der Waals surface area contributed by atoms with Crippen molar-refractivity contribution >= 4 is 44.2 Å². The molecular formula is C9H10ClFINO2S. The zero-order chi connectivity index (χ0) is 12.2. The van der Waals surface area contributed by atoms with E-state index >= 15 is 0 Å². The van der Waals surface area contributed by atoms with Crippen LogP contribution in [0.5, 0.6) is 0 Å². The third-order valence-corrected chi connectivity index (χ3v) is 4.49. The van der Waals surface area contributed by atoms with E-state index in [0.717, 1.165) is 16.6 Å². The second-order valence-electron chi connectivity index (χ2n) is 3.02. The van der Waals surface area contributed by atoms with E-state index in [1.807, 2.05) is 0 Å². The van der Waals surface area contributed by atoms with E-state index in [2.05, 4.69) is 27.3 Å². The molecule has 0 saturated heterocycles. The van der Waals surface area contributed by atoms with Crippen LogP contribution in [0.3, 0.4) is 0 Å². The van der Waals surface area contributed by atoms with Crippen LogP contribution in [0.15, 0.2) is 23.1 Å². The SMILES string of the molecule is O=S(=O)(NCCCI)c1cc(F)ccc1Cl. The fourth-order valence-corrected chi connectivity index (χ4v) is 3.00. The van der Waals surface area contributed by atoms with E-state index in [1.54, 1.807) is 0 Å². The maximum absolute atomic E-state index is 12.9. The molecule has 0 aliphatic carbocycles. The first kappa shape index (κ1) is 14.1. The zero-order valence-corrected chi connectivity index (χ0v) is 11.9. The molecule has 7 heteroatoms. The van der Waals surface area contributed by atoms with Crippen molar-refractivity contribution in [3.63, 3.8) is 0 Å². The highest BCUT2D eigenvalue weighted by molar-refractivity contribution is 14.1. The highest BCUT2D eigenvalue weighted by Gasteiger charge is 2.17. The Hall–Kier alpha value is 0.0800. The van der Waals surface area contributed by atoms with Crippen molar-refractivity contribution < 1.29 is 12.8 Å². The molecule has 1 N–H and O–H groups in total. The van der Waals surface area contributed by atoms with E-state index in [4.69, 9.17) is 11.6 Å². The van der Waals surface area contributed by atoms with Crippen LogP contribution in [0.1, 0.15) is 6.42 Å². The first-order valence-electron chi connectivity index (χ1n) is 4.48. The van der Waals surface area contributed by atoms with Crippen LogP contribution in [-0.4, -0.2) is 19.4 Å². The molecule has 0 fully saturated rings. The van der Waals surface area contributed by atoms with E-state index in [9.17, 15) is 12.8 Å². The Balaban J connectivity index is 2.93. The molecule has 0 atom stereocenters. The maximum atomic E-state index is 12.9. The molecule has 0 amide bonds. The highest BCUT2D eigenvalue weighted by Crippen LogP contribution is 2.21. The lowest BCUT2D eigenvalue weighted by Crippen LogP contribution is -2.25. The Morgan fingerprint density at radius 1 is 1.44 bits per heavy atom. The van der Waals surface area contributed by atoms with Crippen LogP contribution in [0, 0.1) is 5.82 Å². The number of benzene rings is 1. The van der Waals surface area contributed by atoms with Crippen molar-refractivity contribution in [3.05, 3.63) is 29.0 Å². The summed E-state index contributed by atoms with van der Waals surface area (Å²) in [6, 6.07) is 3.25. The van der Waals surface area contributed by atoms with Crippen molar-refractivity contribution in [3.8, 4) is 0 Å². The molecule has 16 heavy (non-hydrogen) atoms. The topological polar surface area (TPSA) is 46.2 Å². The maximum Gasteiger partial charge on any atom is 0.242 e. The van der Waals surface area contributed by atoms with Gasteiger partial charge < -0.3 is 0 Å². The molecule has 3 nitrogen and oxygen atoms in total. The zero-order valence-electron chi connectivity index (χ0n) is 8.21. The summed E-state index contributed by atoms with van der Waals surface area (Å²) in [5.41, 5.74) is 0. The van der Waals surface area contributed by atoms with Gasteiger partial charge in [0.2, 0.25) is 10.0 Å². The van der Waals surface area contributed by atoms with Crippen molar-refractivity contribution in [1.29, 1.82) is 0 Å². The number of hydrogen-bond acceptors (Lipinski definition) is 2. The summed E-state index contributed by atoms with van der Waals surface area (Å²) in [6.07, 6.45) is 0.715. The molecule has 0 aromatic heterocycles. The van der Waals surface area contributed by atoms with Crippen LogP contribution in [0.25, 0.3) is 0 Å². The number of rotatable bonds is 5. The summed E-state index contributed by atoms with van der Waals surface area (Å²) in [4.78, 5) is -0.220. The Kier molecular flexibility index (Phi) is 5.42. The van der Waals surface area contributed by atoms with Crippen molar-refractivity contribution in [1.82, 2.24) is 4.72 Å². The summed E-state index contributed by atoms with van der Waals surface area (Å²) < 4.78 is 39.5. The van der Waals surface area contributed by atoms with E-state index in [0.29, 0.717) is 13.0 Å². The van der Waals surface area contributed by atoms with Gasteiger partial charge in [-0.15, -0.1) is 0 Å². The molecule has 1 aromatic carbocycles. The average molecular weight is 378 g/mol. The van der Waals surface area contributed by atoms with Crippen molar-refractivity contribution in [2.75, 3.05) is 11.0 Å². The van der Waals surface area contributed by atoms with Crippen molar-refractivity contribution in [2.45, 2.75) is 11.3 Å². The van der Waals surface area contributed by atoms with E-state index in [-0.39, 0.29) is 9.92 Å². The number of alkyl halides is 1. The summed E-state index contributed by atoms with van der Waals surface area (Å²) in [6.45, 7) is 0.318. The monoisotopic (exact) mass is 377 g/mol. The lowest BCUT2D eigenvalue weighted by atomic mass is 10.3. The van der Waals surface area contributed by atoms with E-state index in [1.165, 1.54) is 6.07 Å². The Morgan fingerprint density at radius 2 is 2.12 bits per heavy atom. The van der Waals surface area contributed by atoms with Crippen molar-refractivity contribution in [2.24, 2.45) is 0 Å². The smallest absolute Gasteiger partial charge is 0.211 e. The molecular weight excluding hydrogens is 368 g/mol. The van der Waals surface area contributed by atoms with Gasteiger partial charge in [0.05, 0.1) is 5.02 Å². The molecule has 90 valence electrons. The second kappa shape index (κ2) is 6.13. The Bertz CT molecular complexity index is 467. The number of sulfonamides is 1. The summed E-state index contributed by atoms with van der Waals surface area (Å²) in [7, 11) is -3.71. The molecule has 0 saturated carbocycles. The predicted octanol–water partition coefficient (Wildman–Crippen LogP) is 2.58. The quantitative estimate of drug-likeness (QED) is 0.487. The largest absolute Gasteiger partial charge is 0.242 e. The second-order valence-corrected chi connectivity index (χ2v) is 6.24.